The Labute approximate surface area is 132 Å². The van der Waals surface area contributed by atoms with E-state index in [4.69, 9.17) is 0 Å². The van der Waals surface area contributed by atoms with Gasteiger partial charge in [0.05, 0.1) is 0 Å². The molecule has 1 aliphatic rings. The molecule has 112 valence electrons. The highest BCUT2D eigenvalue weighted by molar-refractivity contribution is 9.10. The third-order valence-electron chi connectivity index (χ3n) is 4.42. The fourth-order valence-electron chi connectivity index (χ4n) is 3.35. The van der Waals surface area contributed by atoms with Crippen LogP contribution in [0.25, 0.3) is 0 Å². The van der Waals surface area contributed by atoms with E-state index < -0.39 is 0 Å². The molecule has 20 heavy (non-hydrogen) atoms. The van der Waals surface area contributed by atoms with E-state index in [1.165, 1.54) is 36.0 Å². The summed E-state index contributed by atoms with van der Waals surface area (Å²) in [7, 11) is 2.24. The summed E-state index contributed by atoms with van der Waals surface area (Å²) >= 11 is 3.55. The Kier molecular flexibility index (Phi) is 5.65. The van der Waals surface area contributed by atoms with Gasteiger partial charge in [0.15, 0.2) is 0 Å². The molecule has 1 aliphatic heterocycles. The number of hydrogen-bond donors (Lipinski definition) is 1. The van der Waals surface area contributed by atoms with Crippen LogP contribution in [0.3, 0.4) is 0 Å². The molecule has 0 aliphatic carbocycles. The number of nitrogens with one attached hydrogen (secondary N) is 1. The van der Waals surface area contributed by atoms with E-state index in [9.17, 15) is 0 Å². The van der Waals surface area contributed by atoms with Crippen molar-refractivity contribution in [2.45, 2.75) is 33.2 Å². The van der Waals surface area contributed by atoms with Gasteiger partial charge >= 0.3 is 0 Å². The molecule has 1 N–H and O–H groups in total. The predicted octanol–water partition coefficient (Wildman–Crippen LogP) is 3.91. The largest absolute Gasteiger partial charge is 0.316 e. The van der Waals surface area contributed by atoms with Gasteiger partial charge in [-0.1, -0.05) is 41.9 Å². The van der Waals surface area contributed by atoms with E-state index in [0.717, 1.165) is 19.0 Å². The van der Waals surface area contributed by atoms with E-state index in [-0.39, 0.29) is 0 Å². The van der Waals surface area contributed by atoms with Crippen molar-refractivity contribution in [1.29, 1.82) is 0 Å². The van der Waals surface area contributed by atoms with E-state index in [1.54, 1.807) is 0 Å². The topological polar surface area (TPSA) is 15.3 Å². The number of rotatable bonds is 5. The monoisotopic (exact) mass is 338 g/mol. The summed E-state index contributed by atoms with van der Waals surface area (Å²) in [5.41, 5.74) is 1.74. The molecule has 0 radical (unpaired) electrons. The second-order valence-electron chi connectivity index (χ2n) is 6.83. The smallest absolute Gasteiger partial charge is 0.0231 e. The zero-order valence-electron chi connectivity index (χ0n) is 13.0. The molecule has 1 heterocycles. The third kappa shape index (κ3) is 4.57. The quantitative estimate of drug-likeness (QED) is 0.875. The van der Waals surface area contributed by atoms with Crippen molar-refractivity contribution < 1.29 is 0 Å². The lowest BCUT2D eigenvalue weighted by Gasteiger charge is -2.40. The molecule has 1 atom stereocenters. The van der Waals surface area contributed by atoms with E-state index in [1.807, 2.05) is 0 Å². The first-order valence-electron chi connectivity index (χ1n) is 7.61. The van der Waals surface area contributed by atoms with Crippen molar-refractivity contribution in [3.05, 3.63) is 34.3 Å². The lowest BCUT2D eigenvalue weighted by atomic mass is 9.74. The average molecular weight is 339 g/mol. The number of nitrogens with zero attached hydrogens (tertiary/aromatic N) is 1. The maximum atomic E-state index is 3.55. The number of halogens is 1. The first kappa shape index (κ1) is 16.0. The molecular weight excluding hydrogens is 312 g/mol. The Balaban J connectivity index is 1.90. The zero-order chi connectivity index (χ0) is 14.6. The van der Waals surface area contributed by atoms with Gasteiger partial charge in [-0.15, -0.1) is 0 Å². The van der Waals surface area contributed by atoms with Gasteiger partial charge in [-0.2, -0.15) is 0 Å². The van der Waals surface area contributed by atoms with Gasteiger partial charge in [0, 0.05) is 17.6 Å². The van der Waals surface area contributed by atoms with Gasteiger partial charge in [0.2, 0.25) is 0 Å². The summed E-state index contributed by atoms with van der Waals surface area (Å²) in [5, 5.41) is 3.55. The Bertz CT molecular complexity index is 425. The molecule has 0 bridgehead atoms. The molecular formula is C17H27BrN2. The first-order valence-corrected chi connectivity index (χ1v) is 8.40. The molecule has 1 unspecified atom stereocenters. The summed E-state index contributed by atoms with van der Waals surface area (Å²) in [6.45, 7) is 9.37. The molecule has 0 saturated carbocycles. The minimum atomic E-state index is 0.369. The van der Waals surface area contributed by atoms with Crippen LogP contribution in [0.2, 0.25) is 0 Å². The number of hydrogen-bond acceptors (Lipinski definition) is 2. The highest BCUT2D eigenvalue weighted by atomic mass is 79.9. The Morgan fingerprint density at radius 2 is 2.20 bits per heavy atom. The van der Waals surface area contributed by atoms with Crippen molar-refractivity contribution in [3.8, 4) is 0 Å². The van der Waals surface area contributed by atoms with Gasteiger partial charge < -0.3 is 10.2 Å². The molecule has 1 saturated heterocycles. The maximum Gasteiger partial charge on any atom is 0.0231 e. The molecule has 2 rings (SSSR count). The third-order valence-corrected chi connectivity index (χ3v) is 4.91. The number of piperidine rings is 1. The van der Waals surface area contributed by atoms with Crippen LogP contribution in [0.4, 0.5) is 0 Å². The lowest BCUT2D eigenvalue weighted by molar-refractivity contribution is 0.111. The van der Waals surface area contributed by atoms with E-state index in [0.29, 0.717) is 5.41 Å². The molecule has 0 spiro atoms. The summed E-state index contributed by atoms with van der Waals surface area (Å²) in [6, 6.07) is 8.62. The van der Waals surface area contributed by atoms with Gasteiger partial charge in [-0.05, 0) is 62.0 Å². The van der Waals surface area contributed by atoms with Crippen LogP contribution in [0.5, 0.6) is 0 Å². The van der Waals surface area contributed by atoms with Crippen LogP contribution in [0.1, 0.15) is 32.3 Å². The molecule has 0 amide bonds. The van der Waals surface area contributed by atoms with Crippen molar-refractivity contribution in [2.24, 2.45) is 11.3 Å². The van der Waals surface area contributed by atoms with Crippen LogP contribution >= 0.6 is 15.9 Å². The van der Waals surface area contributed by atoms with E-state index >= 15 is 0 Å². The van der Waals surface area contributed by atoms with Crippen LogP contribution in [0, 0.1) is 11.3 Å². The fraction of sp³-hybridized carbons (Fsp3) is 0.647. The molecule has 2 nitrogen and oxygen atoms in total. The highest BCUT2D eigenvalue weighted by Crippen LogP contribution is 2.32. The summed E-state index contributed by atoms with van der Waals surface area (Å²) in [6.07, 6.45) is 2.69. The standard InChI is InChI=1S/C17H27BrN2/c1-17(2,15-7-5-9-19-11-15)13-20(3)12-14-6-4-8-16(18)10-14/h4,6,8,10,15,19H,5,7,9,11-13H2,1-3H3. The Morgan fingerprint density at radius 3 is 2.85 bits per heavy atom. The van der Waals surface area contributed by atoms with Gasteiger partial charge in [0.1, 0.15) is 0 Å². The summed E-state index contributed by atoms with van der Waals surface area (Å²) < 4.78 is 1.17. The maximum absolute atomic E-state index is 3.55. The SMILES string of the molecule is CN(Cc1cccc(Br)c1)CC(C)(C)C1CCCNC1. The molecule has 0 aromatic heterocycles. The zero-order valence-corrected chi connectivity index (χ0v) is 14.5. The molecule has 3 heteroatoms. The molecule has 1 aromatic rings. The number of benzene rings is 1. The van der Waals surface area contributed by atoms with Crippen LogP contribution in [-0.4, -0.2) is 31.6 Å². The summed E-state index contributed by atoms with van der Waals surface area (Å²) in [5.74, 6) is 0.793. The van der Waals surface area contributed by atoms with E-state index in [2.05, 4.69) is 71.3 Å². The molecule has 1 aromatic carbocycles. The van der Waals surface area contributed by atoms with Crippen molar-refractivity contribution in [2.75, 3.05) is 26.7 Å². The Morgan fingerprint density at radius 1 is 1.40 bits per heavy atom. The van der Waals surface area contributed by atoms with Crippen LogP contribution in [0.15, 0.2) is 28.7 Å². The minimum Gasteiger partial charge on any atom is -0.316 e. The first-order chi connectivity index (χ1) is 9.47. The van der Waals surface area contributed by atoms with Gasteiger partial charge in [0.25, 0.3) is 0 Å². The molecule has 1 fully saturated rings. The summed E-state index contributed by atoms with van der Waals surface area (Å²) in [4.78, 5) is 2.45. The fourth-order valence-corrected chi connectivity index (χ4v) is 3.79. The van der Waals surface area contributed by atoms with Crippen molar-refractivity contribution in [1.82, 2.24) is 10.2 Å². The predicted molar refractivity (Wildman–Crippen MR) is 89.9 cm³/mol. The van der Waals surface area contributed by atoms with Crippen LogP contribution in [-0.2, 0) is 6.54 Å². The van der Waals surface area contributed by atoms with Gasteiger partial charge in [-0.25, -0.2) is 0 Å². The second kappa shape index (κ2) is 7.06. The Hall–Kier alpha value is -0.380. The second-order valence-corrected chi connectivity index (χ2v) is 7.75. The minimum absolute atomic E-state index is 0.369. The average Bonchev–Trinajstić information content (AvgIpc) is 2.39. The normalized spacial score (nSPS) is 20.4. The van der Waals surface area contributed by atoms with Crippen molar-refractivity contribution >= 4 is 15.9 Å². The van der Waals surface area contributed by atoms with Gasteiger partial charge in [-0.3, -0.25) is 0 Å². The highest BCUT2D eigenvalue weighted by Gasteiger charge is 2.31. The van der Waals surface area contributed by atoms with Crippen molar-refractivity contribution in [3.63, 3.8) is 0 Å². The lowest BCUT2D eigenvalue weighted by Crippen LogP contribution is -2.43. The van der Waals surface area contributed by atoms with Crippen LogP contribution < -0.4 is 5.32 Å².